The van der Waals surface area contributed by atoms with Gasteiger partial charge in [0.05, 0.1) is 13.2 Å². The Hall–Kier alpha value is -1.86. The summed E-state index contributed by atoms with van der Waals surface area (Å²) in [6.45, 7) is -0.650. The quantitative estimate of drug-likeness (QED) is 0.373. The van der Waals surface area contributed by atoms with Crippen LogP contribution in [-0.2, 0) is 0 Å². The molecule has 4 N–H and O–H groups in total. The number of benzene rings is 1. The highest BCUT2D eigenvalue weighted by Crippen LogP contribution is 1.95. The number of nitro groups is 1. The normalized spacial score (nSPS) is 9.06. The molecule has 0 bridgehead atoms. The number of nitrogens with zero attached hydrogens (tertiary/aromatic N) is 2. The predicted octanol–water partition coefficient (Wildman–Crippen LogP) is -0.267. The van der Waals surface area contributed by atoms with Crippen LogP contribution in [0.5, 0.6) is 0 Å². The fraction of sp³-hybridized carbons (Fsp3) is 0.400. The number of hydrogen-bond donors (Lipinski definition) is 3. The standard InChI is InChI=1S/C6H7N.C4H10N2O4/c7-6-4-2-1-3-5-6;7-3-1-5(2-4-8)6(9)10/h1-5H,7H2;7-8H,1-4H2. The van der Waals surface area contributed by atoms with Crippen LogP contribution in [0.4, 0.5) is 5.69 Å². The third kappa shape index (κ3) is 8.00. The zero-order chi connectivity index (χ0) is 13.1. The van der Waals surface area contributed by atoms with Crippen molar-refractivity contribution in [1.29, 1.82) is 0 Å². The lowest BCUT2D eigenvalue weighted by Gasteiger charge is -2.09. The summed E-state index contributed by atoms with van der Waals surface area (Å²) in [6, 6.07) is 9.49. The molecule has 96 valence electrons. The Kier molecular flexibility index (Phi) is 8.35. The van der Waals surface area contributed by atoms with E-state index in [2.05, 4.69) is 0 Å². The highest BCUT2D eigenvalue weighted by atomic mass is 16.7. The molecule has 0 aromatic heterocycles. The Balaban J connectivity index is 0.000000318. The predicted molar refractivity (Wildman–Crippen MR) is 63.6 cm³/mol. The Labute approximate surface area is 99.2 Å². The molecule has 7 heteroatoms. The van der Waals surface area contributed by atoms with Crippen LogP contribution in [0.15, 0.2) is 30.3 Å². The van der Waals surface area contributed by atoms with Gasteiger partial charge in [-0.3, -0.25) is 0 Å². The SMILES string of the molecule is Nc1ccccc1.O=[N+]([O-])N(CCO)CCO. The zero-order valence-corrected chi connectivity index (χ0v) is 9.40. The van der Waals surface area contributed by atoms with Crippen LogP contribution in [-0.4, -0.2) is 46.6 Å². The van der Waals surface area contributed by atoms with E-state index < -0.39 is 5.03 Å². The maximum Gasteiger partial charge on any atom is 0.160 e. The van der Waals surface area contributed by atoms with Crippen LogP contribution in [0.25, 0.3) is 0 Å². The molecule has 1 rings (SSSR count). The molecule has 7 nitrogen and oxygen atoms in total. The van der Waals surface area contributed by atoms with Crippen molar-refractivity contribution in [2.24, 2.45) is 0 Å². The molecule has 1 aromatic rings. The van der Waals surface area contributed by atoms with Crippen LogP contribution in [0, 0.1) is 10.1 Å². The van der Waals surface area contributed by atoms with E-state index in [9.17, 15) is 10.1 Å². The molecule has 0 fully saturated rings. The summed E-state index contributed by atoms with van der Waals surface area (Å²) in [5.74, 6) is 0. The van der Waals surface area contributed by atoms with Crippen molar-refractivity contribution in [1.82, 2.24) is 5.01 Å². The van der Waals surface area contributed by atoms with Gasteiger partial charge in [-0.15, -0.1) is 5.01 Å². The van der Waals surface area contributed by atoms with Gasteiger partial charge < -0.3 is 15.9 Å². The lowest BCUT2D eigenvalue weighted by molar-refractivity contribution is -0.656. The number of aliphatic hydroxyl groups excluding tert-OH is 2. The molecule has 0 aliphatic carbocycles. The first kappa shape index (κ1) is 15.1. The van der Waals surface area contributed by atoms with Crippen LogP contribution in [0.1, 0.15) is 0 Å². The summed E-state index contributed by atoms with van der Waals surface area (Å²) in [4.78, 5) is 9.99. The van der Waals surface area contributed by atoms with Crippen molar-refractivity contribution in [3.8, 4) is 0 Å². The summed E-state index contributed by atoms with van der Waals surface area (Å²) in [7, 11) is 0. The second-order valence-corrected chi connectivity index (χ2v) is 3.05. The van der Waals surface area contributed by atoms with Crippen LogP contribution in [0.2, 0.25) is 0 Å². The molecule has 0 saturated heterocycles. The summed E-state index contributed by atoms with van der Waals surface area (Å²) in [5.41, 5.74) is 6.18. The van der Waals surface area contributed by atoms with Crippen molar-refractivity contribution in [3.63, 3.8) is 0 Å². The molecular formula is C10H17N3O4. The molecule has 0 atom stereocenters. The molecule has 0 unspecified atom stereocenters. The average molecular weight is 243 g/mol. The van der Waals surface area contributed by atoms with Crippen molar-refractivity contribution >= 4 is 5.69 Å². The molecule has 0 radical (unpaired) electrons. The Morgan fingerprint density at radius 1 is 1.18 bits per heavy atom. The number of para-hydroxylation sites is 1. The third-order valence-electron chi connectivity index (χ3n) is 1.75. The zero-order valence-electron chi connectivity index (χ0n) is 9.40. The van der Waals surface area contributed by atoms with Crippen LogP contribution >= 0.6 is 0 Å². The molecule has 0 amide bonds. The van der Waals surface area contributed by atoms with Gasteiger partial charge in [0.1, 0.15) is 13.1 Å². The van der Waals surface area contributed by atoms with Gasteiger partial charge in [-0.1, -0.05) is 18.2 Å². The molecular weight excluding hydrogens is 226 g/mol. The van der Waals surface area contributed by atoms with Gasteiger partial charge in [-0.2, -0.15) is 0 Å². The molecule has 0 heterocycles. The maximum atomic E-state index is 9.99. The van der Waals surface area contributed by atoms with Gasteiger partial charge in [0, 0.05) is 5.69 Å². The Bertz CT molecular complexity index is 302. The number of hydrazine groups is 1. The molecule has 1 aromatic carbocycles. The van der Waals surface area contributed by atoms with Gasteiger partial charge >= 0.3 is 0 Å². The maximum absolute atomic E-state index is 9.99. The third-order valence-corrected chi connectivity index (χ3v) is 1.75. The van der Waals surface area contributed by atoms with Gasteiger partial charge in [0.15, 0.2) is 5.03 Å². The second kappa shape index (κ2) is 9.37. The summed E-state index contributed by atoms with van der Waals surface area (Å²) in [6.07, 6.45) is 0. The number of nitrogen functional groups attached to an aromatic ring is 1. The lowest BCUT2D eigenvalue weighted by Crippen LogP contribution is -2.34. The molecule has 0 spiro atoms. The van der Waals surface area contributed by atoms with E-state index in [1.165, 1.54) is 0 Å². The summed E-state index contributed by atoms with van der Waals surface area (Å²) in [5, 5.41) is 26.7. The number of rotatable bonds is 5. The Morgan fingerprint density at radius 3 is 1.88 bits per heavy atom. The molecule has 0 saturated carbocycles. The van der Waals surface area contributed by atoms with Gasteiger partial charge in [-0.05, 0) is 12.1 Å². The highest BCUT2D eigenvalue weighted by Gasteiger charge is 2.10. The molecule has 17 heavy (non-hydrogen) atoms. The van der Waals surface area contributed by atoms with Gasteiger partial charge in [0.25, 0.3) is 0 Å². The lowest BCUT2D eigenvalue weighted by atomic mass is 10.3. The highest BCUT2D eigenvalue weighted by molar-refractivity contribution is 5.35. The van der Waals surface area contributed by atoms with Crippen LogP contribution in [0.3, 0.4) is 0 Å². The largest absolute Gasteiger partial charge is 0.399 e. The topological polar surface area (TPSA) is 113 Å². The fourth-order valence-corrected chi connectivity index (χ4v) is 0.959. The van der Waals surface area contributed by atoms with Crippen molar-refractivity contribution in [3.05, 3.63) is 40.4 Å². The fourth-order valence-electron chi connectivity index (χ4n) is 0.959. The van der Waals surface area contributed by atoms with E-state index in [1.54, 1.807) is 0 Å². The van der Waals surface area contributed by atoms with E-state index in [0.717, 1.165) is 10.7 Å². The monoisotopic (exact) mass is 243 g/mol. The van der Waals surface area contributed by atoms with Crippen molar-refractivity contribution in [2.45, 2.75) is 0 Å². The number of hydrogen-bond acceptors (Lipinski definition) is 5. The van der Waals surface area contributed by atoms with E-state index >= 15 is 0 Å². The number of anilines is 1. The molecule has 0 aliphatic heterocycles. The van der Waals surface area contributed by atoms with E-state index in [1.807, 2.05) is 30.3 Å². The smallest absolute Gasteiger partial charge is 0.160 e. The number of nitrogens with two attached hydrogens (primary N) is 1. The minimum Gasteiger partial charge on any atom is -0.399 e. The van der Waals surface area contributed by atoms with E-state index in [0.29, 0.717) is 0 Å². The van der Waals surface area contributed by atoms with E-state index in [4.69, 9.17) is 15.9 Å². The van der Waals surface area contributed by atoms with Crippen LogP contribution < -0.4 is 5.73 Å². The van der Waals surface area contributed by atoms with Gasteiger partial charge in [-0.25, -0.2) is 10.1 Å². The van der Waals surface area contributed by atoms with Crippen molar-refractivity contribution < 1.29 is 15.2 Å². The van der Waals surface area contributed by atoms with E-state index in [-0.39, 0.29) is 26.3 Å². The first-order valence-corrected chi connectivity index (χ1v) is 5.03. The second-order valence-electron chi connectivity index (χ2n) is 3.05. The Morgan fingerprint density at radius 2 is 1.65 bits per heavy atom. The first-order valence-electron chi connectivity index (χ1n) is 5.03. The minimum absolute atomic E-state index is 0.0481. The minimum atomic E-state index is -0.646. The number of aliphatic hydroxyl groups is 2. The summed E-state index contributed by atoms with van der Waals surface area (Å²) < 4.78 is 0. The summed E-state index contributed by atoms with van der Waals surface area (Å²) >= 11 is 0. The van der Waals surface area contributed by atoms with Gasteiger partial charge in [0.2, 0.25) is 0 Å². The average Bonchev–Trinajstić information content (AvgIpc) is 2.30. The van der Waals surface area contributed by atoms with Crippen molar-refractivity contribution in [2.75, 3.05) is 32.0 Å². The first-order chi connectivity index (χ1) is 8.11. The molecule has 0 aliphatic rings.